The van der Waals surface area contributed by atoms with Gasteiger partial charge in [-0.15, -0.1) is 0 Å². The third-order valence-electron chi connectivity index (χ3n) is 1.16. The third-order valence-corrected chi connectivity index (χ3v) is 1.16. The molecule has 0 aliphatic heterocycles. The van der Waals surface area contributed by atoms with Crippen molar-refractivity contribution in [2.45, 2.75) is 6.04 Å². The van der Waals surface area contributed by atoms with Gasteiger partial charge in [0.15, 0.2) is 0 Å². The summed E-state index contributed by atoms with van der Waals surface area (Å²) in [5.74, 6) is 0.347. The second-order valence-electron chi connectivity index (χ2n) is 1.86. The van der Waals surface area contributed by atoms with Crippen molar-refractivity contribution < 1.29 is 4.79 Å². The van der Waals surface area contributed by atoms with Gasteiger partial charge in [0.25, 0.3) is 0 Å². The predicted octanol–water partition coefficient (Wildman–Crippen LogP) is -0.809. The van der Waals surface area contributed by atoms with Crippen LogP contribution >= 0.6 is 0 Å². The Morgan fingerprint density at radius 2 is 2.50 bits per heavy atom. The Labute approximate surface area is 57.4 Å². The fourth-order valence-corrected chi connectivity index (χ4v) is 0.645. The van der Waals surface area contributed by atoms with E-state index < -0.39 is 6.04 Å². The van der Waals surface area contributed by atoms with Crippen molar-refractivity contribution in [3.8, 4) is 0 Å². The lowest BCUT2D eigenvalue weighted by Crippen LogP contribution is -2.13. The van der Waals surface area contributed by atoms with Crippen molar-refractivity contribution in [2.75, 3.05) is 5.73 Å². The molecule has 1 aromatic rings. The van der Waals surface area contributed by atoms with E-state index in [0.29, 0.717) is 17.8 Å². The molecular formula is C5H8N4O. The SMILES string of the molecule is Nc1[nH]cnc1C(N)C=O. The number of nitrogens with two attached hydrogens (primary N) is 2. The van der Waals surface area contributed by atoms with Gasteiger partial charge in [0.2, 0.25) is 0 Å². The zero-order valence-corrected chi connectivity index (χ0v) is 5.24. The number of imidazole rings is 1. The van der Waals surface area contributed by atoms with Crippen LogP contribution in [-0.2, 0) is 4.79 Å². The van der Waals surface area contributed by atoms with E-state index in [4.69, 9.17) is 11.5 Å². The van der Waals surface area contributed by atoms with Crippen LogP contribution in [0.15, 0.2) is 6.33 Å². The van der Waals surface area contributed by atoms with Gasteiger partial charge in [-0.05, 0) is 0 Å². The number of aromatic amines is 1. The fourth-order valence-electron chi connectivity index (χ4n) is 0.645. The normalized spacial score (nSPS) is 12.9. The summed E-state index contributed by atoms with van der Waals surface area (Å²) >= 11 is 0. The molecule has 1 aromatic heterocycles. The summed E-state index contributed by atoms with van der Waals surface area (Å²) in [6, 6.07) is -0.716. The molecule has 5 N–H and O–H groups in total. The molecule has 0 amide bonds. The first-order valence-electron chi connectivity index (χ1n) is 2.75. The van der Waals surface area contributed by atoms with E-state index in [1.165, 1.54) is 6.33 Å². The summed E-state index contributed by atoms with van der Waals surface area (Å²) in [5.41, 5.74) is 11.1. The Bertz CT molecular complexity index is 231. The minimum absolute atomic E-state index is 0.347. The van der Waals surface area contributed by atoms with Gasteiger partial charge in [0, 0.05) is 0 Å². The number of H-pyrrole nitrogens is 1. The van der Waals surface area contributed by atoms with Crippen LogP contribution in [0.2, 0.25) is 0 Å². The number of carbonyl (C=O) groups excluding carboxylic acids is 1. The number of aldehydes is 1. The molecule has 5 nitrogen and oxygen atoms in total. The van der Waals surface area contributed by atoms with Crippen LogP contribution in [-0.4, -0.2) is 16.3 Å². The Hall–Kier alpha value is -1.36. The largest absolute Gasteiger partial charge is 0.384 e. The van der Waals surface area contributed by atoms with Crippen LogP contribution in [0, 0.1) is 0 Å². The molecule has 54 valence electrons. The highest BCUT2D eigenvalue weighted by Crippen LogP contribution is 2.09. The van der Waals surface area contributed by atoms with Gasteiger partial charge in [-0.2, -0.15) is 0 Å². The molecule has 0 fully saturated rings. The highest BCUT2D eigenvalue weighted by molar-refractivity contribution is 5.63. The van der Waals surface area contributed by atoms with Crippen molar-refractivity contribution in [2.24, 2.45) is 5.73 Å². The molecule has 0 saturated heterocycles. The number of carbonyl (C=O) groups is 1. The lowest BCUT2D eigenvalue weighted by Gasteiger charge is -1.98. The second kappa shape index (κ2) is 2.49. The first-order valence-corrected chi connectivity index (χ1v) is 2.75. The summed E-state index contributed by atoms with van der Waals surface area (Å²) in [7, 11) is 0. The zero-order chi connectivity index (χ0) is 7.56. The van der Waals surface area contributed by atoms with Crippen LogP contribution in [0.5, 0.6) is 0 Å². The molecule has 1 atom stereocenters. The molecule has 1 unspecified atom stereocenters. The van der Waals surface area contributed by atoms with E-state index in [-0.39, 0.29) is 0 Å². The van der Waals surface area contributed by atoms with Crippen LogP contribution in [0.25, 0.3) is 0 Å². The Balaban J connectivity index is 2.92. The van der Waals surface area contributed by atoms with Crippen molar-refractivity contribution >= 4 is 12.1 Å². The van der Waals surface area contributed by atoms with Crippen LogP contribution in [0.3, 0.4) is 0 Å². The lowest BCUT2D eigenvalue weighted by molar-refractivity contribution is -0.109. The van der Waals surface area contributed by atoms with Crippen molar-refractivity contribution in [3.63, 3.8) is 0 Å². The molecule has 1 heterocycles. The number of nitrogens with one attached hydrogen (secondary N) is 1. The van der Waals surface area contributed by atoms with Gasteiger partial charge in [-0.25, -0.2) is 4.98 Å². The van der Waals surface area contributed by atoms with E-state index in [9.17, 15) is 4.79 Å². The van der Waals surface area contributed by atoms with Crippen molar-refractivity contribution in [3.05, 3.63) is 12.0 Å². The Morgan fingerprint density at radius 1 is 1.80 bits per heavy atom. The third kappa shape index (κ3) is 0.985. The summed E-state index contributed by atoms with van der Waals surface area (Å²) < 4.78 is 0. The molecular weight excluding hydrogens is 132 g/mol. The molecule has 1 rings (SSSR count). The van der Waals surface area contributed by atoms with E-state index in [0.717, 1.165) is 0 Å². The second-order valence-corrected chi connectivity index (χ2v) is 1.86. The summed E-state index contributed by atoms with van der Waals surface area (Å²) in [4.78, 5) is 16.5. The van der Waals surface area contributed by atoms with E-state index in [1.807, 2.05) is 0 Å². The molecule has 0 saturated carbocycles. The number of nitrogens with zero attached hydrogens (tertiary/aromatic N) is 1. The molecule has 0 aliphatic rings. The maximum Gasteiger partial charge on any atom is 0.142 e. The van der Waals surface area contributed by atoms with Crippen LogP contribution < -0.4 is 11.5 Å². The quantitative estimate of drug-likeness (QED) is 0.468. The van der Waals surface area contributed by atoms with Gasteiger partial charge in [0.05, 0.1) is 6.33 Å². The van der Waals surface area contributed by atoms with Crippen molar-refractivity contribution in [1.29, 1.82) is 0 Å². The summed E-state index contributed by atoms with van der Waals surface area (Å²) in [6.07, 6.45) is 1.99. The fraction of sp³-hybridized carbons (Fsp3) is 0.200. The highest BCUT2D eigenvalue weighted by Gasteiger charge is 2.09. The molecule has 0 bridgehead atoms. The standard InChI is InChI=1S/C5H8N4O/c6-3(1-10)4-5(7)9-2-8-4/h1-3H,6-7H2,(H,8,9). The van der Waals surface area contributed by atoms with Gasteiger partial charge < -0.3 is 21.2 Å². The minimum atomic E-state index is -0.716. The first-order chi connectivity index (χ1) is 4.75. The van der Waals surface area contributed by atoms with Crippen LogP contribution in [0.4, 0.5) is 5.82 Å². The maximum absolute atomic E-state index is 10.1. The number of hydrogen-bond acceptors (Lipinski definition) is 4. The summed E-state index contributed by atoms with van der Waals surface area (Å²) in [5, 5.41) is 0. The number of hydrogen-bond donors (Lipinski definition) is 3. The molecule has 0 radical (unpaired) electrons. The number of nitrogen functional groups attached to an aromatic ring is 1. The van der Waals surface area contributed by atoms with Crippen LogP contribution in [0.1, 0.15) is 11.7 Å². The van der Waals surface area contributed by atoms with E-state index in [2.05, 4.69) is 9.97 Å². The monoisotopic (exact) mass is 140 g/mol. The van der Waals surface area contributed by atoms with Gasteiger partial charge in [-0.3, -0.25) is 0 Å². The minimum Gasteiger partial charge on any atom is -0.384 e. The predicted molar refractivity (Wildman–Crippen MR) is 36.0 cm³/mol. The van der Waals surface area contributed by atoms with Gasteiger partial charge >= 0.3 is 0 Å². The molecule has 10 heavy (non-hydrogen) atoms. The number of aromatic nitrogens is 2. The first kappa shape index (κ1) is 6.76. The Morgan fingerprint density at radius 3 is 2.90 bits per heavy atom. The highest BCUT2D eigenvalue weighted by atomic mass is 16.1. The maximum atomic E-state index is 10.1. The molecule has 0 aliphatic carbocycles. The molecule has 5 heteroatoms. The summed E-state index contributed by atoms with van der Waals surface area (Å²) in [6.45, 7) is 0. The zero-order valence-electron chi connectivity index (χ0n) is 5.24. The van der Waals surface area contributed by atoms with E-state index in [1.54, 1.807) is 0 Å². The van der Waals surface area contributed by atoms with E-state index >= 15 is 0 Å². The van der Waals surface area contributed by atoms with Crippen molar-refractivity contribution in [1.82, 2.24) is 9.97 Å². The van der Waals surface area contributed by atoms with Gasteiger partial charge in [0.1, 0.15) is 23.8 Å². The average Bonchev–Trinajstić information content (AvgIpc) is 2.34. The molecule has 0 spiro atoms. The lowest BCUT2D eigenvalue weighted by atomic mass is 10.2. The smallest absolute Gasteiger partial charge is 0.142 e. The topological polar surface area (TPSA) is 97.8 Å². The number of anilines is 1. The average molecular weight is 140 g/mol. The Kier molecular flexibility index (Phi) is 1.68. The van der Waals surface area contributed by atoms with Gasteiger partial charge in [-0.1, -0.05) is 0 Å². The number of rotatable bonds is 2. The molecule has 0 aromatic carbocycles.